The van der Waals surface area contributed by atoms with E-state index in [0.29, 0.717) is 5.69 Å². The smallest absolute Gasteiger partial charge is 0.319 e. The first-order valence-corrected chi connectivity index (χ1v) is 9.92. The number of hydrogen-bond acceptors (Lipinski definition) is 5. The molecule has 7 nitrogen and oxygen atoms in total. The van der Waals surface area contributed by atoms with Crippen molar-refractivity contribution < 1.29 is 23.9 Å². The zero-order valence-corrected chi connectivity index (χ0v) is 19.3. The highest BCUT2D eigenvalue weighted by atomic mass is 127. The fraction of sp³-hybridized carbons (Fsp3) is 0.357. The lowest BCUT2D eigenvalue weighted by atomic mass is 10.3. The van der Waals surface area contributed by atoms with Crippen molar-refractivity contribution in [1.29, 1.82) is 0 Å². The van der Waals surface area contributed by atoms with Gasteiger partial charge >= 0.3 is 18.0 Å². The Morgan fingerprint density at radius 3 is 2.17 bits per heavy atom. The summed E-state index contributed by atoms with van der Waals surface area (Å²) < 4.78 is 12.7. The molecule has 1 rings (SSSR count). The number of urea groups is 1. The van der Waals surface area contributed by atoms with Crippen LogP contribution in [0.4, 0.5) is 10.5 Å². The second-order valence-corrected chi connectivity index (χ2v) is 8.18. The summed E-state index contributed by atoms with van der Waals surface area (Å²) in [6.07, 6.45) is -0.744. The summed E-state index contributed by atoms with van der Waals surface area (Å²) in [5.41, 5.74) is 0.707. The van der Waals surface area contributed by atoms with Crippen LogP contribution in [0.2, 0.25) is 0 Å². The maximum absolute atomic E-state index is 12.1. The first kappa shape index (κ1) is 21.7. The molecular weight excluding hydrogens is 657 g/mol. The van der Waals surface area contributed by atoms with Crippen LogP contribution in [0.5, 0.6) is 0 Å². The highest BCUT2D eigenvalue weighted by Gasteiger charge is 2.16. The molecule has 0 bridgehead atoms. The third-order valence-corrected chi connectivity index (χ3v) is 4.87. The van der Waals surface area contributed by atoms with Gasteiger partial charge in [-0.2, -0.15) is 0 Å². The number of rotatable bonds is 6. The highest BCUT2D eigenvalue weighted by Crippen LogP contribution is 2.27. The van der Waals surface area contributed by atoms with Crippen molar-refractivity contribution in [3.8, 4) is 0 Å². The second-order valence-electron chi connectivity index (χ2n) is 4.61. The number of carbonyl (C=O) groups is 3. The zero-order valence-electron chi connectivity index (χ0n) is 12.8. The third-order valence-electron chi connectivity index (χ3n) is 2.54. The fourth-order valence-corrected chi connectivity index (χ4v) is 5.46. The van der Waals surface area contributed by atoms with Gasteiger partial charge in [0.2, 0.25) is 0 Å². The maximum Gasteiger partial charge on any atom is 0.319 e. The second kappa shape index (κ2) is 10.6. The fourth-order valence-electron chi connectivity index (χ4n) is 1.61. The Hall–Kier alpha value is -0.380. The molecule has 0 spiro atoms. The predicted octanol–water partition coefficient (Wildman–Crippen LogP) is 3.12. The van der Waals surface area contributed by atoms with Crippen molar-refractivity contribution in [2.45, 2.75) is 20.0 Å². The highest BCUT2D eigenvalue weighted by molar-refractivity contribution is 14.1. The van der Waals surface area contributed by atoms with Crippen molar-refractivity contribution in [2.75, 3.05) is 18.5 Å². The predicted molar refractivity (Wildman–Crippen MR) is 114 cm³/mol. The van der Waals surface area contributed by atoms with Gasteiger partial charge in [0.25, 0.3) is 0 Å². The first-order valence-electron chi connectivity index (χ1n) is 6.69. The van der Waals surface area contributed by atoms with E-state index < -0.39 is 24.1 Å². The number of anilines is 1. The molecule has 0 saturated carbocycles. The monoisotopic (exact) mass is 672 g/mol. The van der Waals surface area contributed by atoms with Crippen molar-refractivity contribution in [3.63, 3.8) is 0 Å². The van der Waals surface area contributed by atoms with Crippen molar-refractivity contribution in [1.82, 2.24) is 5.32 Å². The van der Waals surface area contributed by atoms with Gasteiger partial charge in [0.05, 0.1) is 12.2 Å². The van der Waals surface area contributed by atoms with Gasteiger partial charge in [-0.1, -0.05) is 0 Å². The summed E-state index contributed by atoms with van der Waals surface area (Å²) in [6, 6.07) is 3.45. The van der Waals surface area contributed by atoms with Crippen LogP contribution in [0, 0.1) is 10.7 Å². The number of nitrogens with one attached hydrogen (secondary N) is 2. The lowest BCUT2D eigenvalue weighted by Gasteiger charge is -2.18. The van der Waals surface area contributed by atoms with Gasteiger partial charge in [0.15, 0.2) is 6.10 Å². The van der Waals surface area contributed by atoms with Crippen LogP contribution in [0.15, 0.2) is 12.1 Å². The molecule has 0 aliphatic rings. The topological polar surface area (TPSA) is 93.7 Å². The minimum atomic E-state index is -0.744. The van der Waals surface area contributed by atoms with E-state index in [9.17, 15) is 14.4 Å². The van der Waals surface area contributed by atoms with E-state index in [-0.39, 0.29) is 13.2 Å². The van der Waals surface area contributed by atoms with E-state index in [2.05, 4.69) is 78.4 Å². The molecule has 0 heterocycles. The molecule has 0 radical (unpaired) electrons. The molecule has 24 heavy (non-hydrogen) atoms. The number of esters is 2. The van der Waals surface area contributed by atoms with E-state index in [1.54, 1.807) is 0 Å². The molecule has 0 fully saturated rings. The number of benzene rings is 1. The molecule has 1 unspecified atom stereocenters. The molecule has 10 heteroatoms. The molecule has 0 aliphatic heterocycles. The Morgan fingerprint density at radius 1 is 1.08 bits per heavy atom. The lowest BCUT2D eigenvalue weighted by molar-refractivity contribution is -0.155. The molecule has 2 N–H and O–H groups in total. The summed E-state index contributed by atoms with van der Waals surface area (Å²) in [7, 11) is 0. The SMILES string of the molecule is CC(=O)OCC(CNC(=O)Nc1c(I)cc(I)cc1I)OC(C)=O. The lowest BCUT2D eigenvalue weighted by Crippen LogP contribution is -2.39. The number of hydrogen-bond donors (Lipinski definition) is 2. The number of amides is 2. The summed E-state index contributed by atoms with van der Waals surface area (Å²) in [5.74, 6) is -1.00. The standard InChI is InChI=1S/C14H15I3N2O5/c1-7(20)23-6-10(24-8(2)21)5-18-14(22)19-13-11(16)3-9(15)4-12(13)17/h3-4,10H,5-6H2,1-2H3,(H2,18,19,22). The summed E-state index contributed by atoms with van der Waals surface area (Å²) in [4.78, 5) is 34.0. The largest absolute Gasteiger partial charge is 0.462 e. The van der Waals surface area contributed by atoms with Crippen LogP contribution in [0.25, 0.3) is 0 Å². The van der Waals surface area contributed by atoms with Crippen molar-refractivity contribution in [3.05, 3.63) is 22.8 Å². The molecule has 132 valence electrons. The van der Waals surface area contributed by atoms with Crippen LogP contribution < -0.4 is 10.6 Å². The summed E-state index contributed by atoms with van der Waals surface area (Å²) in [5, 5.41) is 5.36. The molecule has 1 aromatic carbocycles. The first-order chi connectivity index (χ1) is 11.2. The minimum Gasteiger partial charge on any atom is -0.462 e. The van der Waals surface area contributed by atoms with E-state index >= 15 is 0 Å². The quantitative estimate of drug-likeness (QED) is 0.358. The van der Waals surface area contributed by atoms with Crippen molar-refractivity contribution in [2.24, 2.45) is 0 Å². The molecule has 0 aromatic heterocycles. The molecular formula is C14H15I3N2O5. The van der Waals surface area contributed by atoms with Gasteiger partial charge in [-0.05, 0) is 79.9 Å². The van der Waals surface area contributed by atoms with Gasteiger partial charge in [0.1, 0.15) is 6.61 Å². The van der Waals surface area contributed by atoms with E-state index in [0.717, 1.165) is 10.7 Å². The Labute approximate surface area is 180 Å². The minimum absolute atomic E-state index is 0.0240. The van der Waals surface area contributed by atoms with Gasteiger partial charge < -0.3 is 20.1 Å². The number of halogens is 3. The van der Waals surface area contributed by atoms with Crippen LogP contribution >= 0.6 is 67.8 Å². The van der Waals surface area contributed by atoms with E-state index in [1.165, 1.54) is 13.8 Å². The van der Waals surface area contributed by atoms with E-state index in [1.807, 2.05) is 12.1 Å². The average molecular weight is 672 g/mol. The number of carbonyl (C=O) groups excluding carboxylic acids is 3. The van der Waals surface area contributed by atoms with Gasteiger partial charge in [0, 0.05) is 24.6 Å². The molecule has 1 aromatic rings. The maximum atomic E-state index is 12.1. The normalized spacial score (nSPS) is 11.4. The Balaban J connectivity index is 2.62. The molecule has 1 atom stereocenters. The molecule has 2 amide bonds. The average Bonchev–Trinajstić information content (AvgIpc) is 2.45. The molecule has 0 aliphatic carbocycles. The van der Waals surface area contributed by atoms with Gasteiger partial charge in [-0.3, -0.25) is 9.59 Å². The van der Waals surface area contributed by atoms with Crippen LogP contribution in [-0.4, -0.2) is 37.2 Å². The van der Waals surface area contributed by atoms with Crippen LogP contribution in [0.3, 0.4) is 0 Å². The van der Waals surface area contributed by atoms with E-state index in [4.69, 9.17) is 9.47 Å². The van der Waals surface area contributed by atoms with Crippen LogP contribution in [-0.2, 0) is 19.1 Å². The van der Waals surface area contributed by atoms with Gasteiger partial charge in [-0.25, -0.2) is 4.79 Å². The third kappa shape index (κ3) is 8.13. The Kier molecular flexibility index (Phi) is 9.54. The zero-order chi connectivity index (χ0) is 18.3. The number of ether oxygens (including phenoxy) is 2. The summed E-state index contributed by atoms with van der Waals surface area (Å²) in [6.45, 7) is 2.41. The Bertz CT molecular complexity index is 616. The van der Waals surface area contributed by atoms with Crippen LogP contribution in [0.1, 0.15) is 13.8 Å². The molecule has 0 saturated heterocycles. The van der Waals surface area contributed by atoms with Crippen molar-refractivity contribution >= 4 is 91.4 Å². The van der Waals surface area contributed by atoms with Gasteiger partial charge in [-0.15, -0.1) is 0 Å². The Morgan fingerprint density at radius 2 is 1.67 bits per heavy atom. The summed E-state index contributed by atoms with van der Waals surface area (Å²) >= 11 is 6.49.